The molecule has 2 aliphatic heterocycles. The molecule has 1 N–H and O–H groups in total. The lowest BCUT2D eigenvalue weighted by atomic mass is 9.54. The van der Waals surface area contributed by atoms with Gasteiger partial charge in [-0.1, -0.05) is 163 Å². The lowest BCUT2D eigenvalue weighted by molar-refractivity contribution is 0.754. The van der Waals surface area contributed by atoms with Crippen LogP contribution in [-0.2, 0) is 5.41 Å². The molecule has 3 nitrogen and oxygen atoms in total. The topological polar surface area (TPSA) is 22.3 Å². The third kappa shape index (κ3) is 4.38. The van der Waals surface area contributed by atoms with Crippen LogP contribution in [-0.4, -0.2) is 12.3 Å². The molecule has 1 aromatic heterocycles. The van der Waals surface area contributed by atoms with Crippen molar-refractivity contribution >= 4 is 74.1 Å². The second-order valence-electron chi connectivity index (χ2n) is 15.9. The van der Waals surface area contributed by atoms with Crippen LogP contribution >= 0.6 is 0 Å². The minimum atomic E-state index is -0.479. The van der Waals surface area contributed by atoms with Crippen LogP contribution in [0.15, 0.2) is 206 Å². The lowest BCUT2D eigenvalue weighted by Gasteiger charge is -2.48. The second kappa shape index (κ2) is 12.2. The van der Waals surface area contributed by atoms with Crippen LogP contribution in [0, 0.1) is 0 Å². The smallest absolute Gasteiger partial charge is 0.197 e. The zero-order valence-corrected chi connectivity index (χ0v) is 32.1. The molecule has 3 heterocycles. The fraction of sp³-hybridized carbons (Fsp3) is 0.0182. The summed E-state index contributed by atoms with van der Waals surface area (Å²) in [6, 6.07) is 76.0. The van der Waals surface area contributed by atoms with Gasteiger partial charge in [0.05, 0.1) is 16.6 Å². The second-order valence-corrected chi connectivity index (χ2v) is 15.9. The van der Waals surface area contributed by atoms with Crippen LogP contribution in [0.3, 0.4) is 0 Å². The van der Waals surface area contributed by atoms with Gasteiger partial charge in [-0.15, -0.1) is 0 Å². The van der Waals surface area contributed by atoms with E-state index in [1.807, 2.05) is 0 Å². The van der Waals surface area contributed by atoms with E-state index in [0.717, 1.165) is 33.8 Å². The number of para-hydroxylation sites is 6. The van der Waals surface area contributed by atoms with E-state index >= 15 is 0 Å². The van der Waals surface area contributed by atoms with Gasteiger partial charge < -0.3 is 14.8 Å². The molecule has 13 rings (SSSR count). The normalized spacial score (nSPS) is 13.7. The Kier molecular flexibility index (Phi) is 6.74. The Morgan fingerprint density at radius 2 is 1.00 bits per heavy atom. The number of anilines is 6. The highest BCUT2D eigenvalue weighted by Gasteiger charge is 2.53. The maximum Gasteiger partial charge on any atom is 0.197 e. The van der Waals surface area contributed by atoms with Crippen molar-refractivity contribution < 1.29 is 0 Å². The van der Waals surface area contributed by atoms with Gasteiger partial charge in [0.15, 0.2) is 7.28 Å². The number of H-pyrrole nitrogens is 1. The standard InChI is InChI=1S/C55H35BN3/c1-3-17-35(18-4-1)58(36-19-5-2-6-20-36)37-33-43(42-25-15-24-41-40-23-9-13-31-49(40)57-53(41)42)52-51(34-37)59-50-32-14-12-28-46(50)55(47-29-16-30-48(56-52)54(47)59)44-26-10-7-21-38(44)39-22-8-11-27-45(39)55/h1-34,57H. The molecule has 0 atom stereocenters. The van der Waals surface area contributed by atoms with Crippen molar-refractivity contribution in [1.29, 1.82) is 0 Å². The minimum absolute atomic E-state index is 0.479. The van der Waals surface area contributed by atoms with E-state index in [2.05, 4.69) is 228 Å². The first-order valence-corrected chi connectivity index (χ1v) is 20.4. The summed E-state index contributed by atoms with van der Waals surface area (Å²) in [5, 5.41) is 2.46. The van der Waals surface area contributed by atoms with Crippen LogP contribution in [0.4, 0.5) is 34.1 Å². The molecule has 0 bridgehead atoms. The first kappa shape index (κ1) is 32.5. The Morgan fingerprint density at radius 3 is 1.75 bits per heavy atom. The van der Waals surface area contributed by atoms with E-state index in [-0.39, 0.29) is 0 Å². The SMILES string of the molecule is [B]1c2cccc3c2N(c2ccccc2C32c3ccccc3-c3ccccc32)c2cc(N(c3ccccc3)c3ccccc3)cc(-c3cccc4c3[nH]c3ccccc34)c21. The predicted octanol–water partition coefficient (Wildman–Crippen LogP) is 12.6. The van der Waals surface area contributed by atoms with E-state index in [9.17, 15) is 0 Å². The van der Waals surface area contributed by atoms with Gasteiger partial charge in [-0.05, 0) is 92.9 Å². The van der Waals surface area contributed by atoms with Crippen LogP contribution in [0.1, 0.15) is 22.3 Å². The molecule has 1 aliphatic carbocycles. The summed E-state index contributed by atoms with van der Waals surface area (Å²) in [6.07, 6.45) is 0. The first-order valence-electron chi connectivity index (χ1n) is 20.4. The molecule has 0 saturated heterocycles. The number of rotatable bonds is 4. The molecule has 1 radical (unpaired) electrons. The van der Waals surface area contributed by atoms with Crippen LogP contribution in [0.25, 0.3) is 44.1 Å². The molecule has 3 aliphatic rings. The van der Waals surface area contributed by atoms with Gasteiger partial charge in [0, 0.05) is 50.3 Å². The van der Waals surface area contributed by atoms with Crippen molar-refractivity contribution in [2.45, 2.75) is 5.41 Å². The van der Waals surface area contributed by atoms with Gasteiger partial charge >= 0.3 is 0 Å². The number of benzene rings is 9. The van der Waals surface area contributed by atoms with Crippen molar-refractivity contribution in [3.05, 3.63) is 229 Å². The largest absolute Gasteiger partial charge is 0.354 e. The monoisotopic (exact) mass is 748 g/mol. The van der Waals surface area contributed by atoms with Crippen LogP contribution in [0.2, 0.25) is 0 Å². The van der Waals surface area contributed by atoms with E-state index in [0.29, 0.717) is 0 Å². The number of nitrogens with one attached hydrogen (secondary N) is 1. The number of hydrogen-bond donors (Lipinski definition) is 1. The van der Waals surface area contributed by atoms with Gasteiger partial charge in [-0.2, -0.15) is 0 Å². The summed E-state index contributed by atoms with van der Waals surface area (Å²) in [6.45, 7) is 0. The third-order valence-electron chi connectivity index (χ3n) is 13.0. The highest BCUT2D eigenvalue weighted by molar-refractivity contribution is 6.73. The van der Waals surface area contributed by atoms with Crippen molar-refractivity contribution in [2.75, 3.05) is 9.80 Å². The molecule has 273 valence electrons. The van der Waals surface area contributed by atoms with Crippen molar-refractivity contribution in [1.82, 2.24) is 4.98 Å². The van der Waals surface area contributed by atoms with Gasteiger partial charge in [0.25, 0.3) is 0 Å². The summed E-state index contributed by atoms with van der Waals surface area (Å²) in [5.41, 5.74) is 21.4. The average Bonchev–Trinajstić information content (AvgIpc) is 3.83. The Balaban J connectivity index is 1.15. The summed E-state index contributed by atoms with van der Waals surface area (Å²) < 4.78 is 0. The molecule has 0 amide bonds. The Bertz CT molecular complexity index is 3250. The predicted molar refractivity (Wildman–Crippen MR) is 246 cm³/mol. The van der Waals surface area contributed by atoms with E-state index in [1.54, 1.807) is 0 Å². The summed E-state index contributed by atoms with van der Waals surface area (Å²) in [4.78, 5) is 8.84. The zero-order chi connectivity index (χ0) is 38.7. The van der Waals surface area contributed by atoms with Crippen LogP contribution < -0.4 is 20.7 Å². The summed E-state index contributed by atoms with van der Waals surface area (Å²) >= 11 is 0. The molecule has 59 heavy (non-hydrogen) atoms. The lowest BCUT2D eigenvalue weighted by Crippen LogP contribution is -2.47. The highest BCUT2D eigenvalue weighted by atomic mass is 15.2. The maximum absolute atomic E-state index is 3.85. The number of aromatic amines is 1. The molecule has 1 spiro atoms. The van der Waals surface area contributed by atoms with E-state index < -0.39 is 5.41 Å². The fourth-order valence-corrected chi connectivity index (χ4v) is 10.7. The van der Waals surface area contributed by atoms with E-state index in [1.165, 1.54) is 77.6 Å². The average molecular weight is 749 g/mol. The van der Waals surface area contributed by atoms with Crippen molar-refractivity contribution in [3.63, 3.8) is 0 Å². The summed E-state index contributed by atoms with van der Waals surface area (Å²) in [7, 11) is 2.45. The van der Waals surface area contributed by atoms with Crippen LogP contribution in [0.5, 0.6) is 0 Å². The van der Waals surface area contributed by atoms with Gasteiger partial charge in [0.1, 0.15) is 0 Å². The number of hydrogen-bond acceptors (Lipinski definition) is 2. The van der Waals surface area contributed by atoms with Crippen molar-refractivity contribution in [2.24, 2.45) is 0 Å². The number of aromatic nitrogens is 1. The molecule has 4 heteroatoms. The number of nitrogens with zero attached hydrogens (tertiary/aromatic N) is 2. The molecule has 0 fully saturated rings. The van der Waals surface area contributed by atoms with Crippen molar-refractivity contribution in [3.8, 4) is 22.3 Å². The number of fused-ring (bicyclic) bond motifs is 14. The quantitative estimate of drug-likeness (QED) is 0.181. The maximum atomic E-state index is 3.85. The minimum Gasteiger partial charge on any atom is -0.354 e. The van der Waals surface area contributed by atoms with E-state index in [4.69, 9.17) is 0 Å². The molecular formula is C55H35BN3. The molecule has 0 saturated carbocycles. The Hall–Kier alpha value is -7.56. The van der Waals surface area contributed by atoms with Gasteiger partial charge in [-0.25, -0.2) is 0 Å². The summed E-state index contributed by atoms with van der Waals surface area (Å²) in [5.74, 6) is 0. The molecule has 9 aromatic carbocycles. The Morgan fingerprint density at radius 1 is 0.424 bits per heavy atom. The fourth-order valence-electron chi connectivity index (χ4n) is 10.7. The first-order chi connectivity index (χ1) is 29.3. The Labute approximate surface area is 343 Å². The molecule has 0 unspecified atom stereocenters. The molecule has 10 aromatic rings. The third-order valence-corrected chi connectivity index (χ3v) is 13.0. The van der Waals surface area contributed by atoms with Gasteiger partial charge in [0.2, 0.25) is 0 Å². The molecular weight excluding hydrogens is 713 g/mol. The highest BCUT2D eigenvalue weighted by Crippen LogP contribution is 2.63. The van der Waals surface area contributed by atoms with Gasteiger partial charge in [-0.3, -0.25) is 0 Å². The zero-order valence-electron chi connectivity index (χ0n) is 32.1.